The van der Waals surface area contributed by atoms with Crippen molar-refractivity contribution in [2.75, 3.05) is 4.90 Å². The van der Waals surface area contributed by atoms with Crippen molar-refractivity contribution in [1.82, 2.24) is 0 Å². The molecule has 24 heavy (non-hydrogen) atoms. The largest absolute Gasteiger partial charge is 0.423 e. The Balaban J connectivity index is 1.66. The van der Waals surface area contributed by atoms with Crippen molar-refractivity contribution in [3.8, 4) is 0 Å². The van der Waals surface area contributed by atoms with Crippen LogP contribution in [0.1, 0.15) is 24.8 Å². The molecule has 0 spiro atoms. The van der Waals surface area contributed by atoms with Crippen molar-refractivity contribution in [2.24, 2.45) is 11.8 Å². The molecule has 2 fully saturated rings. The van der Waals surface area contributed by atoms with Crippen LogP contribution in [0.25, 0.3) is 11.0 Å². The van der Waals surface area contributed by atoms with E-state index in [-0.39, 0.29) is 23.7 Å². The zero-order chi connectivity index (χ0) is 16.6. The molecule has 5 heteroatoms. The van der Waals surface area contributed by atoms with E-state index >= 15 is 0 Å². The molecule has 1 aromatic carbocycles. The van der Waals surface area contributed by atoms with E-state index in [0.29, 0.717) is 11.3 Å². The van der Waals surface area contributed by atoms with Crippen molar-refractivity contribution in [2.45, 2.75) is 26.2 Å². The molecule has 1 saturated carbocycles. The molecule has 0 N–H and O–H groups in total. The van der Waals surface area contributed by atoms with Crippen LogP contribution in [0.2, 0.25) is 0 Å². The molecular formula is C19H15NO4. The maximum absolute atomic E-state index is 12.8. The molecule has 5 rings (SSSR count). The van der Waals surface area contributed by atoms with Gasteiger partial charge in [0.2, 0.25) is 5.91 Å². The molecule has 2 aromatic rings. The lowest BCUT2D eigenvalue weighted by Crippen LogP contribution is -2.32. The molecule has 2 bridgehead atoms. The molecule has 120 valence electrons. The first-order valence-corrected chi connectivity index (χ1v) is 8.19. The fraction of sp³-hybridized carbons (Fsp3) is 0.316. The zero-order valence-corrected chi connectivity index (χ0v) is 13.2. The molecule has 0 radical (unpaired) electrons. The molecule has 1 saturated heterocycles. The SMILES string of the molecule is Cc1cc(=O)oc2cc(N3C(=O)C4=C5CCC(C5)C4C3=O)ccc12. The Kier molecular flexibility index (Phi) is 2.54. The lowest BCUT2D eigenvalue weighted by Gasteiger charge is -2.17. The number of benzene rings is 1. The van der Waals surface area contributed by atoms with E-state index in [1.165, 1.54) is 11.0 Å². The number of carbonyl (C=O) groups excluding carboxylic acids is 2. The second kappa shape index (κ2) is 4.44. The van der Waals surface area contributed by atoms with Gasteiger partial charge in [0, 0.05) is 23.1 Å². The van der Waals surface area contributed by atoms with Crippen LogP contribution in [0.5, 0.6) is 0 Å². The van der Waals surface area contributed by atoms with E-state index < -0.39 is 5.63 Å². The molecule has 2 aliphatic carbocycles. The number of fused-ring (bicyclic) bond motifs is 5. The third-order valence-corrected chi connectivity index (χ3v) is 5.60. The van der Waals surface area contributed by atoms with E-state index in [4.69, 9.17) is 4.42 Å². The Labute approximate surface area is 137 Å². The van der Waals surface area contributed by atoms with Crippen LogP contribution in [-0.4, -0.2) is 11.8 Å². The topological polar surface area (TPSA) is 67.6 Å². The summed E-state index contributed by atoms with van der Waals surface area (Å²) in [6, 6.07) is 6.60. The molecular weight excluding hydrogens is 306 g/mol. The quantitative estimate of drug-likeness (QED) is 0.598. The van der Waals surface area contributed by atoms with Crippen LogP contribution in [0, 0.1) is 18.8 Å². The third-order valence-electron chi connectivity index (χ3n) is 5.60. The Morgan fingerprint density at radius 3 is 2.79 bits per heavy atom. The highest BCUT2D eigenvalue weighted by molar-refractivity contribution is 6.30. The number of anilines is 1. The number of allylic oxidation sites excluding steroid dienone is 1. The standard InChI is InChI=1S/C19H15NO4/c1-9-6-15(21)24-14-8-12(4-5-13(9)14)20-18(22)16-10-2-3-11(7-10)17(16)19(20)23/h4-6,8,10,16H,2-3,7H2,1H3. The highest BCUT2D eigenvalue weighted by atomic mass is 16.4. The van der Waals surface area contributed by atoms with E-state index in [0.717, 1.165) is 41.4 Å². The fourth-order valence-corrected chi connectivity index (χ4v) is 4.53. The summed E-state index contributed by atoms with van der Waals surface area (Å²) in [5.74, 6) is -0.306. The van der Waals surface area contributed by atoms with Crippen molar-refractivity contribution in [3.05, 3.63) is 51.4 Å². The number of hydrogen-bond donors (Lipinski definition) is 0. The number of hydrogen-bond acceptors (Lipinski definition) is 4. The van der Waals surface area contributed by atoms with Gasteiger partial charge in [-0.05, 0) is 49.8 Å². The minimum Gasteiger partial charge on any atom is -0.423 e. The normalized spacial score (nSPS) is 25.3. The summed E-state index contributed by atoms with van der Waals surface area (Å²) in [6.07, 6.45) is 2.84. The van der Waals surface area contributed by atoms with Crippen LogP contribution in [0.15, 0.2) is 44.6 Å². The van der Waals surface area contributed by atoms with Crippen LogP contribution in [0.3, 0.4) is 0 Å². The van der Waals surface area contributed by atoms with E-state index in [9.17, 15) is 14.4 Å². The molecule has 2 unspecified atom stereocenters. The Bertz CT molecular complexity index is 1030. The van der Waals surface area contributed by atoms with Gasteiger partial charge in [-0.15, -0.1) is 0 Å². The van der Waals surface area contributed by atoms with Gasteiger partial charge in [-0.1, -0.05) is 5.57 Å². The molecule has 1 aliphatic heterocycles. The number of rotatable bonds is 1. The molecule has 2 heterocycles. The third kappa shape index (κ3) is 1.62. The molecule has 3 aliphatic rings. The maximum atomic E-state index is 12.8. The maximum Gasteiger partial charge on any atom is 0.336 e. The first kappa shape index (κ1) is 13.7. The number of nitrogens with zero attached hydrogens (tertiary/aromatic N) is 1. The van der Waals surface area contributed by atoms with Gasteiger partial charge in [-0.25, -0.2) is 9.69 Å². The summed E-state index contributed by atoms with van der Waals surface area (Å²) in [4.78, 5) is 38.5. The summed E-state index contributed by atoms with van der Waals surface area (Å²) >= 11 is 0. The number of carbonyl (C=O) groups is 2. The van der Waals surface area contributed by atoms with Crippen LogP contribution in [0.4, 0.5) is 5.69 Å². The van der Waals surface area contributed by atoms with Crippen molar-refractivity contribution in [3.63, 3.8) is 0 Å². The van der Waals surface area contributed by atoms with Gasteiger partial charge in [0.05, 0.1) is 11.6 Å². The summed E-state index contributed by atoms with van der Waals surface area (Å²) in [6.45, 7) is 1.83. The average Bonchev–Trinajstić information content (AvgIpc) is 3.20. The zero-order valence-electron chi connectivity index (χ0n) is 13.2. The van der Waals surface area contributed by atoms with Gasteiger partial charge >= 0.3 is 5.63 Å². The van der Waals surface area contributed by atoms with Gasteiger partial charge < -0.3 is 4.42 Å². The Morgan fingerprint density at radius 1 is 1.17 bits per heavy atom. The van der Waals surface area contributed by atoms with Gasteiger partial charge in [0.15, 0.2) is 0 Å². The highest BCUT2D eigenvalue weighted by Gasteiger charge is 2.54. The number of aryl methyl sites for hydroxylation is 1. The number of imide groups is 1. The Morgan fingerprint density at radius 2 is 2.00 bits per heavy atom. The average molecular weight is 321 g/mol. The van der Waals surface area contributed by atoms with E-state index in [1.54, 1.807) is 18.2 Å². The molecule has 2 amide bonds. The fourth-order valence-electron chi connectivity index (χ4n) is 4.53. The monoisotopic (exact) mass is 321 g/mol. The van der Waals surface area contributed by atoms with Crippen molar-refractivity contribution in [1.29, 1.82) is 0 Å². The molecule has 1 aromatic heterocycles. The predicted octanol–water partition coefficient (Wildman–Crippen LogP) is 2.70. The van der Waals surface area contributed by atoms with Gasteiger partial charge in [0.25, 0.3) is 5.91 Å². The predicted molar refractivity (Wildman–Crippen MR) is 87.6 cm³/mol. The van der Waals surface area contributed by atoms with Crippen LogP contribution < -0.4 is 10.5 Å². The summed E-state index contributed by atoms with van der Waals surface area (Å²) in [5.41, 5.74) is 3.14. The van der Waals surface area contributed by atoms with Crippen molar-refractivity contribution >= 4 is 28.5 Å². The van der Waals surface area contributed by atoms with Crippen molar-refractivity contribution < 1.29 is 14.0 Å². The molecule has 5 nitrogen and oxygen atoms in total. The Hall–Kier alpha value is -2.69. The molecule has 2 atom stereocenters. The van der Waals surface area contributed by atoms with Gasteiger partial charge in [-0.3, -0.25) is 9.59 Å². The second-order valence-corrected chi connectivity index (χ2v) is 6.91. The van der Waals surface area contributed by atoms with Gasteiger partial charge in [0.1, 0.15) is 5.58 Å². The summed E-state index contributed by atoms with van der Waals surface area (Å²) < 4.78 is 5.24. The van der Waals surface area contributed by atoms with Gasteiger partial charge in [-0.2, -0.15) is 0 Å². The van der Waals surface area contributed by atoms with Crippen LogP contribution >= 0.6 is 0 Å². The van der Waals surface area contributed by atoms with Crippen LogP contribution in [-0.2, 0) is 9.59 Å². The lowest BCUT2D eigenvalue weighted by molar-refractivity contribution is -0.122. The van der Waals surface area contributed by atoms with E-state index in [2.05, 4.69) is 0 Å². The highest BCUT2D eigenvalue weighted by Crippen LogP contribution is 2.52. The number of amides is 2. The smallest absolute Gasteiger partial charge is 0.336 e. The van der Waals surface area contributed by atoms with E-state index in [1.807, 2.05) is 6.92 Å². The first-order chi connectivity index (χ1) is 11.5. The summed E-state index contributed by atoms with van der Waals surface area (Å²) in [7, 11) is 0. The first-order valence-electron chi connectivity index (χ1n) is 8.19. The lowest BCUT2D eigenvalue weighted by atomic mass is 9.88. The minimum absolute atomic E-state index is 0.135. The minimum atomic E-state index is -0.434. The summed E-state index contributed by atoms with van der Waals surface area (Å²) in [5, 5.41) is 0.805. The second-order valence-electron chi connectivity index (χ2n) is 6.91.